The maximum absolute atomic E-state index is 9.11. The van der Waals surface area contributed by atoms with Crippen LogP contribution in [0.25, 0.3) is 0 Å². The van der Waals surface area contributed by atoms with E-state index in [9.17, 15) is 0 Å². The van der Waals surface area contributed by atoms with Crippen molar-refractivity contribution >= 4 is 11.6 Å². The number of phenolic OH excluding ortho intramolecular Hbond substituents is 1. The van der Waals surface area contributed by atoms with Gasteiger partial charge < -0.3 is 10.8 Å². The maximum Gasteiger partial charge on any atom is 0.117 e. The summed E-state index contributed by atoms with van der Waals surface area (Å²) < 4.78 is 0. The second-order valence-corrected chi connectivity index (χ2v) is 3.70. The topological polar surface area (TPSA) is 46.2 Å². The van der Waals surface area contributed by atoms with Gasteiger partial charge in [0.25, 0.3) is 0 Å². The van der Waals surface area contributed by atoms with Gasteiger partial charge in [-0.1, -0.05) is 17.7 Å². The Hall–Kier alpha value is -0.730. The lowest BCUT2D eigenvalue weighted by Gasteiger charge is -2.06. The van der Waals surface area contributed by atoms with Crippen LogP contribution in [0.15, 0.2) is 18.2 Å². The highest BCUT2D eigenvalue weighted by Gasteiger charge is 2.02. The summed E-state index contributed by atoms with van der Waals surface area (Å²) in [6, 6.07) is 5.21. The summed E-state index contributed by atoms with van der Waals surface area (Å²) in [5.41, 5.74) is 6.67. The van der Waals surface area contributed by atoms with Crippen molar-refractivity contribution < 1.29 is 5.11 Å². The largest absolute Gasteiger partial charge is 0.508 e. The van der Waals surface area contributed by atoms with E-state index in [0.717, 1.165) is 18.4 Å². The molecule has 3 heteroatoms. The van der Waals surface area contributed by atoms with E-state index in [2.05, 4.69) is 0 Å². The Balaban J connectivity index is 2.67. The van der Waals surface area contributed by atoms with Gasteiger partial charge >= 0.3 is 0 Å². The molecule has 2 nitrogen and oxygen atoms in total. The van der Waals surface area contributed by atoms with Gasteiger partial charge in [0.1, 0.15) is 5.75 Å². The van der Waals surface area contributed by atoms with E-state index in [1.54, 1.807) is 12.1 Å². The lowest BCUT2D eigenvalue weighted by molar-refractivity contribution is 0.475. The number of phenols is 1. The quantitative estimate of drug-likeness (QED) is 0.785. The molecule has 1 aromatic carbocycles. The minimum Gasteiger partial charge on any atom is -0.508 e. The molecule has 0 amide bonds. The standard InChI is InChI=1S/C10H14ClNO/c1-7(12)2-3-8-4-5-9(13)6-10(8)11/h4-7,13H,2-3,12H2,1H3/t7-/m1/s1. The Labute approximate surface area is 83.3 Å². The number of aryl methyl sites for hydroxylation is 1. The van der Waals surface area contributed by atoms with Crippen molar-refractivity contribution in [3.63, 3.8) is 0 Å². The summed E-state index contributed by atoms with van der Waals surface area (Å²) in [5, 5.41) is 9.72. The number of hydrogen-bond donors (Lipinski definition) is 2. The third-order valence-corrected chi connectivity index (χ3v) is 2.26. The van der Waals surface area contributed by atoms with E-state index in [0.29, 0.717) is 5.02 Å². The molecular weight excluding hydrogens is 186 g/mol. The van der Waals surface area contributed by atoms with Crippen LogP contribution in [0.5, 0.6) is 5.75 Å². The Morgan fingerprint density at radius 3 is 2.77 bits per heavy atom. The van der Waals surface area contributed by atoms with Crippen LogP contribution < -0.4 is 5.73 Å². The van der Waals surface area contributed by atoms with Crippen molar-refractivity contribution in [3.05, 3.63) is 28.8 Å². The number of halogens is 1. The van der Waals surface area contributed by atoms with Gasteiger partial charge in [0.05, 0.1) is 0 Å². The smallest absolute Gasteiger partial charge is 0.117 e. The molecule has 0 radical (unpaired) electrons. The minimum absolute atomic E-state index is 0.185. The lowest BCUT2D eigenvalue weighted by atomic mass is 10.1. The van der Waals surface area contributed by atoms with E-state index in [1.165, 1.54) is 0 Å². The van der Waals surface area contributed by atoms with Gasteiger partial charge in [0, 0.05) is 11.1 Å². The molecule has 1 rings (SSSR count). The monoisotopic (exact) mass is 199 g/mol. The molecule has 0 unspecified atom stereocenters. The molecule has 3 N–H and O–H groups in total. The third kappa shape index (κ3) is 3.25. The van der Waals surface area contributed by atoms with E-state index in [1.807, 2.05) is 13.0 Å². The molecule has 72 valence electrons. The predicted octanol–water partition coefficient (Wildman–Crippen LogP) is 2.33. The first-order valence-corrected chi connectivity index (χ1v) is 4.70. The van der Waals surface area contributed by atoms with Crippen molar-refractivity contribution in [1.82, 2.24) is 0 Å². The second-order valence-electron chi connectivity index (χ2n) is 3.29. The fourth-order valence-corrected chi connectivity index (χ4v) is 1.39. The Bertz CT molecular complexity index is 286. The molecule has 0 saturated heterocycles. The Kier molecular flexibility index (Phi) is 3.58. The molecule has 0 saturated carbocycles. The van der Waals surface area contributed by atoms with Crippen LogP contribution in [0.3, 0.4) is 0 Å². The van der Waals surface area contributed by atoms with Crippen LogP contribution in [0.4, 0.5) is 0 Å². The van der Waals surface area contributed by atoms with Gasteiger partial charge in [-0.15, -0.1) is 0 Å². The van der Waals surface area contributed by atoms with Crippen molar-refractivity contribution in [3.8, 4) is 5.75 Å². The molecule has 1 aromatic rings. The fraction of sp³-hybridized carbons (Fsp3) is 0.400. The van der Waals surface area contributed by atoms with Crippen LogP contribution >= 0.6 is 11.6 Å². The molecule has 0 aliphatic carbocycles. The predicted molar refractivity (Wildman–Crippen MR) is 55.1 cm³/mol. The number of rotatable bonds is 3. The maximum atomic E-state index is 9.11. The number of aromatic hydroxyl groups is 1. The zero-order valence-corrected chi connectivity index (χ0v) is 8.38. The highest BCUT2D eigenvalue weighted by molar-refractivity contribution is 6.31. The first-order chi connectivity index (χ1) is 6.09. The Morgan fingerprint density at radius 2 is 2.23 bits per heavy atom. The zero-order valence-electron chi connectivity index (χ0n) is 7.63. The average molecular weight is 200 g/mol. The molecule has 0 aromatic heterocycles. The molecule has 0 fully saturated rings. The molecule has 0 aliphatic rings. The van der Waals surface area contributed by atoms with Crippen molar-refractivity contribution in [1.29, 1.82) is 0 Å². The highest BCUT2D eigenvalue weighted by atomic mass is 35.5. The van der Waals surface area contributed by atoms with Gasteiger partial charge in [-0.05, 0) is 37.5 Å². The van der Waals surface area contributed by atoms with Crippen LogP contribution in [0.2, 0.25) is 5.02 Å². The lowest BCUT2D eigenvalue weighted by Crippen LogP contribution is -2.15. The van der Waals surface area contributed by atoms with Gasteiger partial charge in [0.2, 0.25) is 0 Å². The van der Waals surface area contributed by atoms with Crippen LogP contribution in [0.1, 0.15) is 18.9 Å². The molecule has 0 bridgehead atoms. The van der Waals surface area contributed by atoms with Gasteiger partial charge in [-0.25, -0.2) is 0 Å². The summed E-state index contributed by atoms with van der Waals surface area (Å²) >= 11 is 5.91. The zero-order chi connectivity index (χ0) is 9.84. The van der Waals surface area contributed by atoms with Crippen molar-refractivity contribution in [2.75, 3.05) is 0 Å². The number of nitrogens with two attached hydrogens (primary N) is 1. The first-order valence-electron chi connectivity index (χ1n) is 4.32. The van der Waals surface area contributed by atoms with E-state index < -0.39 is 0 Å². The molecule has 13 heavy (non-hydrogen) atoms. The second kappa shape index (κ2) is 4.49. The molecule has 0 heterocycles. The Morgan fingerprint density at radius 1 is 1.54 bits per heavy atom. The van der Waals surface area contributed by atoms with Gasteiger partial charge in [0.15, 0.2) is 0 Å². The van der Waals surface area contributed by atoms with Crippen molar-refractivity contribution in [2.45, 2.75) is 25.8 Å². The molecular formula is C10H14ClNO. The summed E-state index contributed by atoms with van der Waals surface area (Å²) in [7, 11) is 0. The summed E-state index contributed by atoms with van der Waals surface area (Å²) in [5.74, 6) is 0.203. The summed E-state index contributed by atoms with van der Waals surface area (Å²) in [6.07, 6.45) is 1.77. The van der Waals surface area contributed by atoms with Crippen LogP contribution in [0, 0.1) is 0 Å². The number of benzene rings is 1. The highest BCUT2D eigenvalue weighted by Crippen LogP contribution is 2.22. The fourth-order valence-electron chi connectivity index (χ4n) is 1.12. The van der Waals surface area contributed by atoms with E-state index in [-0.39, 0.29) is 11.8 Å². The normalized spacial score (nSPS) is 12.8. The van der Waals surface area contributed by atoms with Crippen molar-refractivity contribution in [2.24, 2.45) is 5.73 Å². The summed E-state index contributed by atoms with van der Waals surface area (Å²) in [6.45, 7) is 1.97. The van der Waals surface area contributed by atoms with E-state index in [4.69, 9.17) is 22.4 Å². The number of hydrogen-bond acceptors (Lipinski definition) is 2. The van der Waals surface area contributed by atoms with Crippen LogP contribution in [-0.2, 0) is 6.42 Å². The molecule has 0 spiro atoms. The summed E-state index contributed by atoms with van der Waals surface area (Å²) in [4.78, 5) is 0. The van der Waals surface area contributed by atoms with Gasteiger partial charge in [-0.2, -0.15) is 0 Å². The molecule has 1 atom stereocenters. The van der Waals surface area contributed by atoms with Gasteiger partial charge in [-0.3, -0.25) is 0 Å². The molecule has 0 aliphatic heterocycles. The minimum atomic E-state index is 0.185. The van der Waals surface area contributed by atoms with E-state index >= 15 is 0 Å². The third-order valence-electron chi connectivity index (χ3n) is 1.91. The first kappa shape index (κ1) is 10.4. The SMILES string of the molecule is C[C@@H](N)CCc1ccc(O)cc1Cl. The average Bonchev–Trinajstić information content (AvgIpc) is 2.02. The van der Waals surface area contributed by atoms with Crippen LogP contribution in [-0.4, -0.2) is 11.1 Å².